The van der Waals surface area contributed by atoms with Gasteiger partial charge >= 0.3 is 0 Å². The number of hydrogen-bond acceptors (Lipinski definition) is 3. The Hall–Kier alpha value is -2.60. The third-order valence-electron chi connectivity index (χ3n) is 4.95. The van der Waals surface area contributed by atoms with Crippen LogP contribution >= 0.6 is 11.6 Å². The van der Waals surface area contributed by atoms with Gasteiger partial charge in [-0.15, -0.1) is 0 Å². The van der Waals surface area contributed by atoms with Crippen LogP contribution in [-0.2, 0) is 11.3 Å². The standard InChI is InChI=1S/C20H20ClFN4O/c21-15-4-5-17-18(11-15)25-20(24-17)26-8-6-14(7-9-26)19(27)23-12-13-2-1-3-16(22)10-13/h1-5,10-11,14H,6-9,12H2,(H,23,27)(H,24,25). The number of aromatic amines is 1. The lowest BCUT2D eigenvalue weighted by Crippen LogP contribution is -2.40. The first-order valence-corrected chi connectivity index (χ1v) is 9.39. The molecule has 0 radical (unpaired) electrons. The van der Waals surface area contributed by atoms with Crippen LogP contribution in [0, 0.1) is 11.7 Å². The Labute approximate surface area is 161 Å². The second-order valence-electron chi connectivity index (χ2n) is 6.83. The van der Waals surface area contributed by atoms with E-state index in [-0.39, 0.29) is 17.6 Å². The molecule has 1 aliphatic rings. The highest BCUT2D eigenvalue weighted by Gasteiger charge is 2.26. The molecule has 2 aromatic carbocycles. The zero-order chi connectivity index (χ0) is 18.8. The lowest BCUT2D eigenvalue weighted by atomic mass is 9.96. The normalized spacial score (nSPS) is 15.3. The van der Waals surface area contributed by atoms with E-state index in [1.807, 2.05) is 18.2 Å². The maximum absolute atomic E-state index is 13.2. The minimum absolute atomic E-state index is 0.0234. The Morgan fingerprint density at radius 1 is 1.26 bits per heavy atom. The number of hydrogen-bond donors (Lipinski definition) is 2. The largest absolute Gasteiger partial charge is 0.352 e. The predicted octanol–water partition coefficient (Wildman–Crippen LogP) is 3.89. The van der Waals surface area contributed by atoms with Gasteiger partial charge in [0.1, 0.15) is 5.82 Å². The van der Waals surface area contributed by atoms with Crippen molar-refractivity contribution in [3.8, 4) is 0 Å². The fraction of sp³-hybridized carbons (Fsp3) is 0.300. The Morgan fingerprint density at radius 3 is 2.85 bits per heavy atom. The van der Waals surface area contributed by atoms with E-state index in [2.05, 4.69) is 20.2 Å². The minimum atomic E-state index is -0.290. The number of H-pyrrole nitrogens is 1. The molecule has 0 spiro atoms. The first-order chi connectivity index (χ1) is 13.1. The zero-order valence-electron chi connectivity index (χ0n) is 14.7. The van der Waals surface area contributed by atoms with Crippen LogP contribution in [0.1, 0.15) is 18.4 Å². The molecule has 3 aromatic rings. The van der Waals surface area contributed by atoms with Gasteiger partial charge in [0.25, 0.3) is 0 Å². The monoisotopic (exact) mass is 386 g/mol. The molecule has 1 fully saturated rings. The topological polar surface area (TPSA) is 61.0 Å². The molecule has 2 heterocycles. The maximum atomic E-state index is 13.2. The summed E-state index contributed by atoms with van der Waals surface area (Å²) < 4.78 is 13.2. The molecule has 0 unspecified atom stereocenters. The quantitative estimate of drug-likeness (QED) is 0.715. The molecule has 0 saturated carbocycles. The van der Waals surface area contributed by atoms with Crippen molar-refractivity contribution in [3.63, 3.8) is 0 Å². The second-order valence-corrected chi connectivity index (χ2v) is 7.27. The molecule has 140 valence electrons. The number of carbonyl (C=O) groups is 1. The van der Waals surface area contributed by atoms with Crippen LogP contribution in [0.15, 0.2) is 42.5 Å². The van der Waals surface area contributed by atoms with Crippen LogP contribution in [0.25, 0.3) is 11.0 Å². The predicted molar refractivity (Wildman–Crippen MR) is 104 cm³/mol. The number of fused-ring (bicyclic) bond motifs is 1. The van der Waals surface area contributed by atoms with Crippen LogP contribution in [0.2, 0.25) is 5.02 Å². The first-order valence-electron chi connectivity index (χ1n) is 9.01. The summed E-state index contributed by atoms with van der Waals surface area (Å²) >= 11 is 6.02. The number of amides is 1. The summed E-state index contributed by atoms with van der Waals surface area (Å²) in [6.07, 6.45) is 1.51. The summed E-state index contributed by atoms with van der Waals surface area (Å²) in [6.45, 7) is 1.86. The van der Waals surface area contributed by atoms with Gasteiger partial charge in [0.2, 0.25) is 11.9 Å². The van der Waals surface area contributed by atoms with Crippen molar-refractivity contribution in [1.29, 1.82) is 0 Å². The summed E-state index contributed by atoms with van der Waals surface area (Å²) in [4.78, 5) is 22.5. The molecule has 5 nitrogen and oxygen atoms in total. The average molecular weight is 387 g/mol. The molecule has 1 amide bonds. The van der Waals surface area contributed by atoms with E-state index < -0.39 is 0 Å². The van der Waals surface area contributed by atoms with E-state index in [1.54, 1.807) is 12.1 Å². The van der Waals surface area contributed by atoms with E-state index in [1.165, 1.54) is 12.1 Å². The molecule has 0 bridgehead atoms. The highest BCUT2D eigenvalue weighted by Crippen LogP contribution is 2.25. The molecule has 2 N–H and O–H groups in total. The number of imidazole rings is 1. The van der Waals surface area contributed by atoms with Crippen molar-refractivity contribution < 1.29 is 9.18 Å². The summed E-state index contributed by atoms with van der Waals surface area (Å²) in [5.74, 6) is 0.511. The molecular formula is C20H20ClFN4O. The van der Waals surface area contributed by atoms with Gasteiger partial charge in [0.05, 0.1) is 11.0 Å². The summed E-state index contributed by atoms with van der Waals surface area (Å²) in [5.41, 5.74) is 2.55. The third kappa shape index (κ3) is 4.06. The molecule has 4 rings (SSSR count). The minimum Gasteiger partial charge on any atom is -0.352 e. The molecule has 1 aromatic heterocycles. The number of aromatic nitrogens is 2. The Kier molecular flexibility index (Phi) is 4.99. The SMILES string of the molecule is O=C(NCc1cccc(F)c1)C1CCN(c2nc3ccc(Cl)cc3[nH]2)CC1. The number of benzene rings is 2. The Morgan fingerprint density at radius 2 is 2.07 bits per heavy atom. The van der Waals surface area contributed by atoms with Gasteiger partial charge in [0.15, 0.2) is 0 Å². The Bertz CT molecular complexity index is 966. The number of rotatable bonds is 4. The van der Waals surface area contributed by atoms with Gasteiger partial charge < -0.3 is 15.2 Å². The van der Waals surface area contributed by atoms with Crippen LogP contribution in [0.4, 0.5) is 10.3 Å². The Balaban J connectivity index is 1.33. The van der Waals surface area contributed by atoms with Crippen molar-refractivity contribution in [2.45, 2.75) is 19.4 Å². The fourth-order valence-corrected chi connectivity index (χ4v) is 3.62. The van der Waals surface area contributed by atoms with Gasteiger partial charge in [-0.1, -0.05) is 23.7 Å². The van der Waals surface area contributed by atoms with E-state index in [0.717, 1.165) is 48.5 Å². The van der Waals surface area contributed by atoms with Gasteiger partial charge in [-0.05, 0) is 48.7 Å². The van der Waals surface area contributed by atoms with Crippen molar-refractivity contribution >= 4 is 34.5 Å². The molecule has 7 heteroatoms. The lowest BCUT2D eigenvalue weighted by Gasteiger charge is -2.31. The number of halogens is 2. The molecular weight excluding hydrogens is 367 g/mol. The smallest absolute Gasteiger partial charge is 0.223 e. The summed E-state index contributed by atoms with van der Waals surface area (Å²) in [7, 11) is 0. The van der Waals surface area contributed by atoms with Crippen molar-refractivity contribution in [2.75, 3.05) is 18.0 Å². The van der Waals surface area contributed by atoms with Gasteiger partial charge in [-0.25, -0.2) is 9.37 Å². The highest BCUT2D eigenvalue weighted by atomic mass is 35.5. The second kappa shape index (κ2) is 7.56. The molecule has 1 saturated heterocycles. The third-order valence-corrected chi connectivity index (χ3v) is 5.19. The molecule has 0 atom stereocenters. The zero-order valence-corrected chi connectivity index (χ0v) is 15.5. The first kappa shape index (κ1) is 17.8. The lowest BCUT2D eigenvalue weighted by molar-refractivity contribution is -0.125. The number of nitrogens with one attached hydrogen (secondary N) is 2. The van der Waals surface area contributed by atoms with Crippen LogP contribution in [0.5, 0.6) is 0 Å². The van der Waals surface area contributed by atoms with Crippen molar-refractivity contribution in [2.24, 2.45) is 5.92 Å². The number of anilines is 1. The fourth-order valence-electron chi connectivity index (χ4n) is 3.45. The molecule has 0 aliphatic carbocycles. The van der Waals surface area contributed by atoms with E-state index in [0.29, 0.717) is 11.6 Å². The van der Waals surface area contributed by atoms with Gasteiger partial charge in [-0.3, -0.25) is 4.79 Å². The maximum Gasteiger partial charge on any atom is 0.223 e. The number of nitrogens with zero attached hydrogens (tertiary/aromatic N) is 2. The summed E-state index contributed by atoms with van der Waals surface area (Å²) in [6, 6.07) is 11.9. The molecule has 27 heavy (non-hydrogen) atoms. The van der Waals surface area contributed by atoms with E-state index in [9.17, 15) is 9.18 Å². The van der Waals surface area contributed by atoms with Gasteiger partial charge in [-0.2, -0.15) is 0 Å². The molecule has 1 aliphatic heterocycles. The average Bonchev–Trinajstić information content (AvgIpc) is 3.09. The number of carbonyl (C=O) groups excluding carboxylic acids is 1. The van der Waals surface area contributed by atoms with Crippen molar-refractivity contribution in [1.82, 2.24) is 15.3 Å². The van der Waals surface area contributed by atoms with E-state index in [4.69, 9.17) is 11.6 Å². The van der Waals surface area contributed by atoms with Crippen LogP contribution < -0.4 is 10.2 Å². The van der Waals surface area contributed by atoms with Crippen LogP contribution in [0.3, 0.4) is 0 Å². The number of piperidine rings is 1. The van der Waals surface area contributed by atoms with Gasteiger partial charge in [0, 0.05) is 30.6 Å². The van der Waals surface area contributed by atoms with Crippen LogP contribution in [-0.4, -0.2) is 29.0 Å². The highest BCUT2D eigenvalue weighted by molar-refractivity contribution is 6.31. The van der Waals surface area contributed by atoms with Crippen molar-refractivity contribution in [3.05, 3.63) is 58.9 Å². The summed E-state index contributed by atoms with van der Waals surface area (Å²) in [5, 5.41) is 3.59. The van der Waals surface area contributed by atoms with E-state index >= 15 is 0 Å².